The van der Waals surface area contributed by atoms with Gasteiger partial charge in [-0.05, 0) is 23.8 Å². The van der Waals surface area contributed by atoms with Crippen LogP contribution >= 0.6 is 0 Å². The Hall–Kier alpha value is -3.59. The molecule has 0 aliphatic carbocycles. The van der Waals surface area contributed by atoms with Gasteiger partial charge in [-0.1, -0.05) is 42.2 Å². The van der Waals surface area contributed by atoms with Crippen molar-refractivity contribution in [2.24, 2.45) is 0 Å². The zero-order valence-electron chi connectivity index (χ0n) is 14.0. The number of fused-ring (bicyclic) bond motifs is 1. The van der Waals surface area contributed by atoms with Gasteiger partial charge in [0.1, 0.15) is 6.61 Å². The number of amides is 1. The summed E-state index contributed by atoms with van der Waals surface area (Å²) >= 11 is 0. The Balaban J connectivity index is 1.45. The molecule has 1 amide bonds. The number of benzene rings is 2. The first kappa shape index (κ1) is 17.2. The Bertz CT molecular complexity index is 1020. The molecule has 0 spiro atoms. The number of nitrogens with zero attached hydrogens (tertiary/aromatic N) is 1. The molecule has 6 heteroatoms. The fourth-order valence-corrected chi connectivity index (χ4v) is 2.34. The highest BCUT2D eigenvalue weighted by atomic mass is 16.5. The van der Waals surface area contributed by atoms with Gasteiger partial charge in [-0.3, -0.25) is 4.79 Å². The van der Waals surface area contributed by atoms with E-state index in [1.165, 1.54) is 0 Å². The summed E-state index contributed by atoms with van der Waals surface area (Å²) in [5.41, 5.74) is 1.50. The molecule has 0 atom stereocenters. The minimum absolute atomic E-state index is 0.222. The number of hydrogen-bond acceptors (Lipinski definition) is 4. The number of rotatable bonds is 4. The molecule has 0 aliphatic rings. The fourth-order valence-electron chi connectivity index (χ4n) is 2.34. The molecule has 0 aliphatic heterocycles. The summed E-state index contributed by atoms with van der Waals surface area (Å²) in [5, 5.41) is 10.1. The lowest BCUT2D eigenvalue weighted by atomic mass is 10.1. The summed E-state index contributed by atoms with van der Waals surface area (Å²) in [4.78, 5) is 23.2. The SMILES string of the molecule is O=C(NCCC#Cc1ccc2c(=O)[nH]ncc2c1)OCc1ccccc1. The normalized spacial score (nSPS) is 10.0. The zero-order valence-corrected chi connectivity index (χ0v) is 14.0. The topological polar surface area (TPSA) is 84.1 Å². The Labute approximate surface area is 150 Å². The lowest BCUT2D eigenvalue weighted by Gasteiger charge is -2.05. The van der Waals surface area contributed by atoms with Crippen LogP contribution in [0.2, 0.25) is 0 Å². The molecule has 0 unspecified atom stereocenters. The number of aromatic nitrogens is 2. The van der Waals surface area contributed by atoms with Crippen LogP contribution in [0.5, 0.6) is 0 Å². The predicted octanol–water partition coefficient (Wildman–Crippen LogP) is 2.59. The van der Waals surface area contributed by atoms with Crippen molar-refractivity contribution in [2.75, 3.05) is 6.54 Å². The summed E-state index contributed by atoms with van der Waals surface area (Å²) in [6.07, 6.45) is 1.62. The highest BCUT2D eigenvalue weighted by molar-refractivity contribution is 5.81. The van der Waals surface area contributed by atoms with Crippen LogP contribution in [0.4, 0.5) is 4.79 Å². The Morgan fingerprint density at radius 2 is 2.04 bits per heavy atom. The molecule has 0 saturated heterocycles. The van der Waals surface area contributed by atoms with Gasteiger partial charge in [0, 0.05) is 23.9 Å². The number of alkyl carbamates (subject to hydrolysis) is 1. The van der Waals surface area contributed by atoms with Crippen molar-refractivity contribution < 1.29 is 9.53 Å². The van der Waals surface area contributed by atoms with Gasteiger partial charge in [0.15, 0.2) is 0 Å². The highest BCUT2D eigenvalue weighted by Crippen LogP contribution is 2.09. The molecular formula is C20H17N3O3. The Morgan fingerprint density at radius 3 is 2.88 bits per heavy atom. The van der Waals surface area contributed by atoms with E-state index in [4.69, 9.17) is 4.74 Å². The number of aromatic amines is 1. The molecule has 0 fully saturated rings. The van der Waals surface area contributed by atoms with E-state index in [-0.39, 0.29) is 12.2 Å². The van der Waals surface area contributed by atoms with Crippen LogP contribution in [0.1, 0.15) is 17.5 Å². The van der Waals surface area contributed by atoms with Gasteiger partial charge in [-0.25, -0.2) is 9.89 Å². The number of carbonyl (C=O) groups excluding carboxylic acids is 1. The van der Waals surface area contributed by atoms with Crippen LogP contribution in [-0.2, 0) is 11.3 Å². The lowest BCUT2D eigenvalue weighted by molar-refractivity contribution is 0.140. The van der Waals surface area contributed by atoms with E-state index in [1.807, 2.05) is 36.4 Å². The molecule has 3 aromatic rings. The first-order valence-corrected chi connectivity index (χ1v) is 8.13. The summed E-state index contributed by atoms with van der Waals surface area (Å²) in [6.45, 7) is 0.637. The smallest absolute Gasteiger partial charge is 0.407 e. The van der Waals surface area contributed by atoms with E-state index < -0.39 is 6.09 Å². The zero-order chi connectivity index (χ0) is 18.2. The number of hydrogen-bond donors (Lipinski definition) is 2. The van der Waals surface area contributed by atoms with E-state index >= 15 is 0 Å². The second-order valence-corrected chi connectivity index (χ2v) is 5.54. The van der Waals surface area contributed by atoms with Crippen LogP contribution in [0, 0.1) is 11.8 Å². The fraction of sp³-hybridized carbons (Fsp3) is 0.150. The number of H-pyrrole nitrogens is 1. The first-order valence-electron chi connectivity index (χ1n) is 8.13. The van der Waals surface area contributed by atoms with Crippen LogP contribution in [-0.4, -0.2) is 22.8 Å². The second kappa shape index (κ2) is 8.49. The average molecular weight is 347 g/mol. The van der Waals surface area contributed by atoms with Gasteiger partial charge >= 0.3 is 6.09 Å². The maximum Gasteiger partial charge on any atom is 0.407 e. The minimum atomic E-state index is -0.466. The summed E-state index contributed by atoms with van der Waals surface area (Å²) < 4.78 is 5.11. The van der Waals surface area contributed by atoms with E-state index in [0.29, 0.717) is 18.4 Å². The van der Waals surface area contributed by atoms with Crippen molar-refractivity contribution in [1.82, 2.24) is 15.5 Å². The number of ether oxygens (including phenoxy) is 1. The van der Waals surface area contributed by atoms with Crippen LogP contribution in [0.15, 0.2) is 59.5 Å². The van der Waals surface area contributed by atoms with Crippen LogP contribution < -0.4 is 10.9 Å². The molecule has 2 N–H and O–H groups in total. The van der Waals surface area contributed by atoms with Gasteiger partial charge in [-0.2, -0.15) is 5.10 Å². The van der Waals surface area contributed by atoms with Gasteiger partial charge in [0.25, 0.3) is 5.56 Å². The van der Waals surface area contributed by atoms with Crippen LogP contribution in [0.3, 0.4) is 0 Å². The monoisotopic (exact) mass is 347 g/mol. The summed E-state index contributed by atoms with van der Waals surface area (Å²) in [6, 6.07) is 14.8. The van der Waals surface area contributed by atoms with E-state index in [1.54, 1.807) is 18.3 Å². The molecule has 2 aromatic carbocycles. The van der Waals surface area contributed by atoms with Gasteiger partial charge < -0.3 is 10.1 Å². The maximum absolute atomic E-state index is 11.6. The molecular weight excluding hydrogens is 330 g/mol. The molecule has 0 saturated carbocycles. The largest absolute Gasteiger partial charge is 0.445 e. The molecule has 26 heavy (non-hydrogen) atoms. The van der Waals surface area contributed by atoms with Crippen molar-refractivity contribution >= 4 is 16.9 Å². The average Bonchev–Trinajstić information content (AvgIpc) is 2.67. The molecule has 1 aromatic heterocycles. The maximum atomic E-state index is 11.6. The predicted molar refractivity (Wildman–Crippen MR) is 98.5 cm³/mol. The number of nitrogens with one attached hydrogen (secondary N) is 2. The van der Waals surface area contributed by atoms with E-state index in [0.717, 1.165) is 16.5 Å². The summed E-state index contributed by atoms with van der Waals surface area (Å²) in [5.74, 6) is 5.99. The van der Waals surface area contributed by atoms with E-state index in [9.17, 15) is 9.59 Å². The van der Waals surface area contributed by atoms with Gasteiger partial charge in [-0.15, -0.1) is 0 Å². The highest BCUT2D eigenvalue weighted by Gasteiger charge is 2.01. The standard InChI is InChI=1S/C20H17N3O3/c24-19-18-10-9-15(12-17(18)13-22-23-19)6-4-5-11-21-20(25)26-14-16-7-2-1-3-8-16/h1-3,7-10,12-13H,5,11,14H2,(H,21,25)(H,23,24). The van der Waals surface area contributed by atoms with E-state index in [2.05, 4.69) is 27.4 Å². The van der Waals surface area contributed by atoms with Crippen molar-refractivity contribution in [3.63, 3.8) is 0 Å². The van der Waals surface area contributed by atoms with Crippen molar-refractivity contribution in [2.45, 2.75) is 13.0 Å². The molecule has 6 nitrogen and oxygen atoms in total. The Morgan fingerprint density at radius 1 is 1.19 bits per heavy atom. The van der Waals surface area contributed by atoms with Crippen molar-refractivity contribution in [1.29, 1.82) is 0 Å². The molecule has 3 rings (SSSR count). The summed E-state index contributed by atoms with van der Waals surface area (Å²) in [7, 11) is 0. The third kappa shape index (κ3) is 4.71. The number of carbonyl (C=O) groups is 1. The minimum Gasteiger partial charge on any atom is -0.445 e. The van der Waals surface area contributed by atoms with Gasteiger partial charge in [0.05, 0.1) is 11.6 Å². The molecule has 1 heterocycles. The van der Waals surface area contributed by atoms with Crippen molar-refractivity contribution in [3.05, 3.63) is 76.2 Å². The third-order valence-electron chi connectivity index (χ3n) is 3.63. The molecule has 130 valence electrons. The second-order valence-electron chi connectivity index (χ2n) is 5.54. The Kier molecular flexibility index (Phi) is 5.63. The van der Waals surface area contributed by atoms with Crippen molar-refractivity contribution in [3.8, 4) is 11.8 Å². The van der Waals surface area contributed by atoms with Crippen LogP contribution in [0.25, 0.3) is 10.8 Å². The molecule has 0 radical (unpaired) electrons. The quantitative estimate of drug-likeness (QED) is 0.561. The molecule has 0 bridgehead atoms. The lowest BCUT2D eigenvalue weighted by Crippen LogP contribution is -2.24. The first-order chi connectivity index (χ1) is 12.7. The third-order valence-corrected chi connectivity index (χ3v) is 3.63. The van der Waals surface area contributed by atoms with Gasteiger partial charge in [0.2, 0.25) is 0 Å².